The summed E-state index contributed by atoms with van der Waals surface area (Å²) in [5.41, 5.74) is 0.499. The molecule has 0 aliphatic heterocycles. The average Bonchev–Trinajstić information content (AvgIpc) is 2.65. The number of hydrogen-bond acceptors (Lipinski definition) is 2. The molecule has 2 rings (SSSR count). The maximum absolute atomic E-state index is 13.2. The zero-order chi connectivity index (χ0) is 25.0. The van der Waals surface area contributed by atoms with Crippen LogP contribution in [0.3, 0.4) is 0 Å². The molecule has 3 atom stereocenters. The van der Waals surface area contributed by atoms with Gasteiger partial charge in [0.25, 0.3) is 0 Å². The number of carboxylic acid groups (broad SMARTS) is 1. The van der Waals surface area contributed by atoms with E-state index < -0.39 is 17.7 Å². The highest BCUT2D eigenvalue weighted by Crippen LogP contribution is 2.43. The van der Waals surface area contributed by atoms with Crippen LogP contribution in [0, 0.1) is 16.7 Å². The molecule has 6 heteroatoms. The van der Waals surface area contributed by atoms with E-state index in [-0.39, 0.29) is 35.1 Å². The van der Waals surface area contributed by atoms with E-state index in [1.165, 1.54) is 0 Å². The fourth-order valence-corrected chi connectivity index (χ4v) is 4.92. The van der Waals surface area contributed by atoms with Gasteiger partial charge in [0.1, 0.15) is 0 Å². The highest BCUT2D eigenvalue weighted by atomic mass is 19.4. The zero-order valence-electron chi connectivity index (χ0n) is 21.1. The molecule has 1 aliphatic carbocycles. The molecule has 1 saturated carbocycles. The Labute approximate surface area is 197 Å². The average molecular weight is 470 g/mol. The lowest BCUT2D eigenvalue weighted by Crippen LogP contribution is -2.47. The highest BCUT2D eigenvalue weighted by molar-refractivity contribution is 5.67. The van der Waals surface area contributed by atoms with Gasteiger partial charge >= 0.3 is 12.1 Å². The van der Waals surface area contributed by atoms with Gasteiger partial charge in [0.2, 0.25) is 0 Å². The van der Waals surface area contributed by atoms with E-state index in [0.29, 0.717) is 0 Å². The maximum atomic E-state index is 13.2. The molecule has 188 valence electrons. The molecule has 0 aromatic heterocycles. The van der Waals surface area contributed by atoms with Gasteiger partial charge in [0, 0.05) is 18.4 Å². The molecular weight excluding hydrogens is 427 g/mol. The first-order chi connectivity index (χ1) is 15.1. The Morgan fingerprint density at radius 1 is 0.939 bits per heavy atom. The van der Waals surface area contributed by atoms with Crippen molar-refractivity contribution in [2.24, 2.45) is 16.7 Å². The molecule has 0 radical (unpaired) electrons. The molecule has 1 aromatic rings. The Morgan fingerprint density at radius 2 is 1.45 bits per heavy atom. The van der Waals surface area contributed by atoms with E-state index in [2.05, 4.69) is 46.4 Å². The van der Waals surface area contributed by atoms with Crippen LogP contribution >= 0.6 is 0 Å². The first-order valence-electron chi connectivity index (χ1n) is 12.2. The normalized spacial score (nSPS) is 22.5. The van der Waals surface area contributed by atoms with Crippen LogP contribution < -0.4 is 0 Å². The Bertz CT molecular complexity index is 742. The van der Waals surface area contributed by atoms with Gasteiger partial charge < -0.3 is 5.11 Å². The third-order valence-electron chi connectivity index (χ3n) is 6.82. The Morgan fingerprint density at radius 3 is 1.88 bits per heavy atom. The Kier molecular flexibility index (Phi) is 9.05. The van der Waals surface area contributed by atoms with Crippen molar-refractivity contribution in [3.63, 3.8) is 0 Å². The summed E-state index contributed by atoms with van der Waals surface area (Å²) in [6.07, 6.45) is 0.372. The number of hydrogen-bond donors (Lipinski definition) is 1. The first-order valence-corrected chi connectivity index (χ1v) is 12.2. The third-order valence-corrected chi connectivity index (χ3v) is 6.82. The van der Waals surface area contributed by atoms with Gasteiger partial charge in [-0.2, -0.15) is 13.2 Å². The molecule has 0 bridgehead atoms. The van der Waals surface area contributed by atoms with Crippen LogP contribution in [0.5, 0.6) is 0 Å². The predicted molar refractivity (Wildman–Crippen MR) is 127 cm³/mol. The second-order valence-electron chi connectivity index (χ2n) is 12.2. The molecule has 0 spiro atoms. The van der Waals surface area contributed by atoms with E-state index in [0.717, 1.165) is 62.9 Å². The topological polar surface area (TPSA) is 40.5 Å². The molecule has 1 aromatic carbocycles. The van der Waals surface area contributed by atoms with Crippen LogP contribution in [-0.4, -0.2) is 35.1 Å². The largest absolute Gasteiger partial charge is 0.481 e. The monoisotopic (exact) mass is 469 g/mol. The quantitative estimate of drug-likeness (QED) is 0.426. The molecule has 0 saturated heterocycles. The molecule has 3 nitrogen and oxygen atoms in total. The third kappa shape index (κ3) is 8.95. The maximum Gasteiger partial charge on any atom is 0.416 e. The lowest BCUT2D eigenvalue weighted by atomic mass is 9.70. The number of nitrogens with zero attached hydrogens (tertiary/aromatic N) is 1. The summed E-state index contributed by atoms with van der Waals surface area (Å²) in [6.45, 7) is 15.1. The van der Waals surface area contributed by atoms with Crippen molar-refractivity contribution in [3.8, 4) is 0 Å². The number of halogens is 3. The van der Waals surface area contributed by atoms with Crippen LogP contribution in [0.1, 0.15) is 97.1 Å². The molecule has 1 aliphatic rings. The molecule has 1 N–H and O–H groups in total. The summed E-state index contributed by atoms with van der Waals surface area (Å²) in [4.78, 5) is 14.2. The number of carboxylic acids is 1. The summed E-state index contributed by atoms with van der Waals surface area (Å²) < 4.78 is 39.5. The predicted octanol–water partition coefficient (Wildman–Crippen LogP) is 7.61. The van der Waals surface area contributed by atoms with Gasteiger partial charge in [-0.15, -0.1) is 0 Å². The fourth-order valence-electron chi connectivity index (χ4n) is 4.92. The smallest absolute Gasteiger partial charge is 0.416 e. The standard InChI is InChI=1S/C27H42F3NO2/c1-25(2,3)14-16-31(17-15-26(4,5)6)22-9-7-8-20(18-23(32)33)24(22)19-10-12-21(13-11-19)27(28,29)30/h10-13,20,22,24H,7-9,14-18H2,1-6H3,(H,32,33). The minimum absolute atomic E-state index is 0.0502. The van der Waals surface area contributed by atoms with E-state index in [4.69, 9.17) is 0 Å². The van der Waals surface area contributed by atoms with Gasteiger partial charge in [-0.05, 0) is 73.2 Å². The van der Waals surface area contributed by atoms with Crippen LogP contribution in [0.4, 0.5) is 13.2 Å². The molecular formula is C27H42F3NO2. The summed E-state index contributed by atoms with van der Waals surface area (Å²) in [7, 11) is 0. The van der Waals surface area contributed by atoms with Gasteiger partial charge in [0.05, 0.1) is 5.56 Å². The SMILES string of the molecule is CC(C)(C)CCN(CCC(C)(C)C)C1CCCC(CC(=O)O)C1c1ccc(C(F)(F)F)cc1. The van der Waals surface area contributed by atoms with E-state index >= 15 is 0 Å². The minimum atomic E-state index is -4.38. The van der Waals surface area contributed by atoms with Crippen LogP contribution in [0.2, 0.25) is 0 Å². The Hall–Kier alpha value is -1.56. The van der Waals surface area contributed by atoms with Gasteiger partial charge in [0.15, 0.2) is 0 Å². The van der Waals surface area contributed by atoms with Crippen LogP contribution in [0.25, 0.3) is 0 Å². The lowest BCUT2D eigenvalue weighted by molar-refractivity contribution is -0.139. The first kappa shape index (κ1) is 27.7. The van der Waals surface area contributed by atoms with Crippen LogP contribution in [0.15, 0.2) is 24.3 Å². The van der Waals surface area contributed by atoms with E-state index in [9.17, 15) is 23.1 Å². The van der Waals surface area contributed by atoms with Crippen molar-refractivity contribution in [3.05, 3.63) is 35.4 Å². The van der Waals surface area contributed by atoms with Gasteiger partial charge in [-0.25, -0.2) is 0 Å². The molecule has 0 amide bonds. The van der Waals surface area contributed by atoms with E-state index in [1.807, 2.05) is 0 Å². The summed E-state index contributed by atoms with van der Waals surface area (Å²) in [5.74, 6) is -1.00. The molecule has 33 heavy (non-hydrogen) atoms. The second-order valence-corrected chi connectivity index (χ2v) is 12.2. The lowest BCUT2D eigenvalue weighted by Gasteiger charge is -2.45. The fraction of sp³-hybridized carbons (Fsp3) is 0.741. The minimum Gasteiger partial charge on any atom is -0.481 e. The number of aliphatic carboxylic acids is 1. The molecule has 3 unspecified atom stereocenters. The van der Waals surface area contributed by atoms with Crippen LogP contribution in [-0.2, 0) is 11.0 Å². The zero-order valence-corrected chi connectivity index (χ0v) is 21.1. The highest BCUT2D eigenvalue weighted by Gasteiger charge is 2.39. The summed E-state index contributed by atoms with van der Waals surface area (Å²) in [5, 5.41) is 9.56. The van der Waals surface area contributed by atoms with Crippen molar-refractivity contribution < 1.29 is 23.1 Å². The number of rotatable bonds is 8. The Balaban J connectivity index is 2.42. The summed E-state index contributed by atoms with van der Waals surface area (Å²) in [6, 6.07) is 5.57. The van der Waals surface area contributed by atoms with Crippen molar-refractivity contribution in [1.29, 1.82) is 0 Å². The van der Waals surface area contributed by atoms with E-state index in [1.54, 1.807) is 12.1 Å². The molecule has 0 heterocycles. The summed E-state index contributed by atoms with van der Waals surface area (Å²) >= 11 is 0. The van der Waals surface area contributed by atoms with Gasteiger partial charge in [-0.1, -0.05) is 60.1 Å². The van der Waals surface area contributed by atoms with Crippen molar-refractivity contribution >= 4 is 5.97 Å². The number of alkyl halides is 3. The van der Waals surface area contributed by atoms with Crippen molar-refractivity contribution in [2.75, 3.05) is 13.1 Å². The number of benzene rings is 1. The van der Waals surface area contributed by atoms with Crippen molar-refractivity contribution in [2.45, 2.75) is 98.2 Å². The number of carbonyl (C=O) groups is 1. The second kappa shape index (κ2) is 10.8. The van der Waals surface area contributed by atoms with Crippen molar-refractivity contribution in [1.82, 2.24) is 4.90 Å². The van der Waals surface area contributed by atoms with Gasteiger partial charge in [-0.3, -0.25) is 9.69 Å². The molecule has 1 fully saturated rings.